The lowest BCUT2D eigenvalue weighted by molar-refractivity contribution is -0.155. The number of carbonyl (C=O) groups is 4. The van der Waals surface area contributed by atoms with Gasteiger partial charge in [-0.3, -0.25) is 28.7 Å². The minimum atomic E-state index is -1.76. The van der Waals surface area contributed by atoms with Crippen LogP contribution >= 0.6 is 24.8 Å². The van der Waals surface area contributed by atoms with Crippen LogP contribution in [-0.2, 0) is 35.1 Å². The number of hydrogen-bond donors (Lipinski definition) is 8. The summed E-state index contributed by atoms with van der Waals surface area (Å²) in [6.07, 6.45) is -3.67. The fourth-order valence-electron chi connectivity index (χ4n) is 5.30. The molecule has 2 heterocycles. The predicted octanol–water partition coefficient (Wildman–Crippen LogP) is -1.10. The third-order valence-corrected chi connectivity index (χ3v) is 8.66. The number of rotatable bonds is 18. The Bertz CT molecular complexity index is 1620. The van der Waals surface area contributed by atoms with Gasteiger partial charge in [0.05, 0.1) is 12.2 Å². The van der Waals surface area contributed by atoms with E-state index in [1.807, 2.05) is 0 Å². The van der Waals surface area contributed by atoms with Gasteiger partial charge >= 0.3 is 11.7 Å². The molecule has 1 saturated heterocycles. The number of amides is 3. The zero-order valence-corrected chi connectivity index (χ0v) is 31.2. The normalized spacial score (nSPS) is 20.7. The average Bonchev–Trinajstić information content (AvgIpc) is 3.39. The lowest BCUT2D eigenvalue weighted by Gasteiger charge is -2.26. The molecule has 20 heteroatoms. The van der Waals surface area contributed by atoms with E-state index in [-0.39, 0.29) is 31.2 Å². The summed E-state index contributed by atoms with van der Waals surface area (Å²) in [5.74, 6) is -4.65. The molecule has 0 radical (unpaired) electrons. The molecule has 1 aromatic heterocycles. The van der Waals surface area contributed by atoms with Gasteiger partial charge in [-0.25, -0.2) is 9.59 Å². The summed E-state index contributed by atoms with van der Waals surface area (Å²) in [7, 11) is 0. The first-order chi connectivity index (χ1) is 24.2. The van der Waals surface area contributed by atoms with Crippen molar-refractivity contribution in [1.82, 2.24) is 25.5 Å². The summed E-state index contributed by atoms with van der Waals surface area (Å²) < 4.78 is 25.2. The number of nitrogens with two attached hydrogens (primary N) is 2. The van der Waals surface area contributed by atoms with Crippen molar-refractivity contribution in [2.45, 2.75) is 102 Å². The third kappa shape index (κ3) is 13.2. The van der Waals surface area contributed by atoms with Crippen molar-refractivity contribution in [3.63, 3.8) is 0 Å². The van der Waals surface area contributed by atoms with Gasteiger partial charge in [0, 0.05) is 6.42 Å². The monoisotopic (exact) mass is 793 g/mol. The number of aliphatic hydroxyl groups is 2. The minimum absolute atomic E-state index is 0. The van der Waals surface area contributed by atoms with Crippen LogP contribution in [0.3, 0.4) is 0 Å². The largest absolute Gasteiger partial charge is 0.461 e. The van der Waals surface area contributed by atoms with E-state index in [0.29, 0.717) is 43.0 Å². The number of H-pyrrole nitrogens is 1. The molecule has 0 saturated carbocycles. The van der Waals surface area contributed by atoms with Crippen molar-refractivity contribution in [2.75, 3.05) is 13.2 Å². The molecular weight excluding hydrogens is 744 g/mol. The molecule has 9 atom stereocenters. The summed E-state index contributed by atoms with van der Waals surface area (Å²) >= 11 is 0. The van der Waals surface area contributed by atoms with Crippen LogP contribution in [0.2, 0.25) is 0 Å². The number of carbonyl (C=O) groups excluding carboxylic acids is 4. The van der Waals surface area contributed by atoms with Crippen LogP contribution in [-0.4, -0.2) is 99.1 Å². The summed E-state index contributed by atoms with van der Waals surface area (Å²) in [5.41, 5.74) is 9.92. The Morgan fingerprint density at radius 3 is 2.28 bits per heavy atom. The molecule has 1 aromatic carbocycles. The topological polar surface area (TPSA) is 270 Å². The number of benzene rings is 1. The van der Waals surface area contributed by atoms with Gasteiger partial charge in [0.2, 0.25) is 23.5 Å². The summed E-state index contributed by atoms with van der Waals surface area (Å²) in [6.45, 7) is 4.68. The van der Waals surface area contributed by atoms with E-state index in [1.165, 1.54) is 6.92 Å². The van der Waals surface area contributed by atoms with Crippen molar-refractivity contribution in [3.05, 3.63) is 68.7 Å². The van der Waals surface area contributed by atoms with Crippen molar-refractivity contribution in [3.8, 4) is 0 Å². The molecule has 0 aliphatic carbocycles. The van der Waals surface area contributed by atoms with E-state index in [4.69, 9.17) is 20.9 Å². The highest BCUT2D eigenvalue weighted by molar-refractivity contribution is 5.94. The van der Waals surface area contributed by atoms with Gasteiger partial charge in [-0.1, -0.05) is 57.0 Å². The summed E-state index contributed by atoms with van der Waals surface area (Å²) in [4.78, 5) is 78.0. The second-order valence-electron chi connectivity index (χ2n) is 12.6. The Balaban J connectivity index is 0.00000702. The average molecular weight is 795 g/mol. The maximum absolute atomic E-state index is 13.8. The lowest BCUT2D eigenvalue weighted by atomic mass is 9.98. The maximum atomic E-state index is 13.8. The van der Waals surface area contributed by atoms with Crippen LogP contribution < -0.4 is 38.7 Å². The molecule has 17 nitrogen and oxygen atoms in total. The van der Waals surface area contributed by atoms with Crippen molar-refractivity contribution < 1.29 is 43.3 Å². The highest BCUT2D eigenvalue weighted by Crippen LogP contribution is 2.28. The van der Waals surface area contributed by atoms with E-state index < -0.39 is 102 Å². The zero-order chi connectivity index (χ0) is 37.8. The maximum Gasteiger partial charge on any atom is 0.330 e. The lowest BCUT2D eigenvalue weighted by Crippen LogP contribution is -2.57. The highest BCUT2D eigenvalue weighted by Gasteiger charge is 2.45. The van der Waals surface area contributed by atoms with Gasteiger partial charge in [-0.05, 0) is 37.8 Å². The molecule has 3 rings (SSSR count). The second-order valence-corrected chi connectivity index (χ2v) is 12.6. The predicted molar refractivity (Wildman–Crippen MR) is 195 cm³/mol. The first-order valence-corrected chi connectivity index (χ1v) is 16.8. The van der Waals surface area contributed by atoms with E-state index >= 15 is 0 Å². The molecule has 2 aromatic rings. The third-order valence-electron chi connectivity index (χ3n) is 8.66. The fourth-order valence-corrected chi connectivity index (χ4v) is 5.30. The number of aromatic amines is 1. The SMILES string of the molecule is CC[C@H](C)[C@H](NC(=O)[C@H](C)NC(=O)[C@H](Cc1ccccc1)NC(=O)[C@@H](N)CCCCN)C(=O)OC[C@@H]1O[C@H](n2cc(F)c(=O)[nH]c2=O)C(O)C1O.Cl.Cl. The van der Waals surface area contributed by atoms with Gasteiger partial charge < -0.3 is 47.1 Å². The van der Waals surface area contributed by atoms with Crippen molar-refractivity contribution in [1.29, 1.82) is 0 Å². The smallest absolute Gasteiger partial charge is 0.330 e. The molecule has 3 amide bonds. The van der Waals surface area contributed by atoms with Crippen LogP contribution in [0.4, 0.5) is 4.39 Å². The molecule has 1 aliphatic heterocycles. The van der Waals surface area contributed by atoms with Gasteiger partial charge in [0.25, 0.3) is 5.56 Å². The minimum Gasteiger partial charge on any atom is -0.461 e. The number of aromatic nitrogens is 2. The number of aliphatic hydroxyl groups excluding tert-OH is 2. The van der Waals surface area contributed by atoms with Crippen LogP contribution in [0, 0.1) is 11.7 Å². The van der Waals surface area contributed by atoms with Crippen LogP contribution in [0.5, 0.6) is 0 Å². The van der Waals surface area contributed by atoms with Gasteiger partial charge in [-0.15, -0.1) is 24.8 Å². The first-order valence-electron chi connectivity index (χ1n) is 16.8. The van der Waals surface area contributed by atoms with E-state index in [1.54, 1.807) is 49.2 Å². The van der Waals surface area contributed by atoms with Gasteiger partial charge in [-0.2, -0.15) is 4.39 Å². The standard InChI is InChI=1S/C33H48FN7O10.2ClH/c1-4-17(2)24(32(48)50-16-23-25(42)26(43)31(51-23)41-15-20(34)28(45)40-33(41)49)39-27(44)18(3)37-30(47)22(14-19-10-6-5-7-11-19)38-29(46)21(36)12-8-9-13-35;;/h5-7,10-11,15,17-18,21-26,31,42-43H,4,8-9,12-14,16,35-36H2,1-3H3,(H,37,47)(H,38,46)(H,39,44)(H,40,45,49);2*1H/t17-,18-,21-,22-,23-,24-,25?,26?,31-;;/m0../s1. The molecule has 298 valence electrons. The van der Waals surface area contributed by atoms with Crippen LogP contribution in [0.1, 0.15) is 58.2 Å². The second kappa shape index (κ2) is 22.3. The number of nitrogens with zero attached hydrogens (tertiary/aromatic N) is 1. The number of nitrogens with one attached hydrogen (secondary N) is 4. The van der Waals surface area contributed by atoms with Crippen LogP contribution in [0.15, 0.2) is 46.1 Å². The highest BCUT2D eigenvalue weighted by atomic mass is 35.5. The molecule has 1 fully saturated rings. The first kappa shape index (κ1) is 47.1. The Kier molecular flexibility index (Phi) is 19.9. The van der Waals surface area contributed by atoms with E-state index in [2.05, 4.69) is 16.0 Å². The summed E-state index contributed by atoms with van der Waals surface area (Å²) in [6, 6.07) is 4.60. The van der Waals surface area contributed by atoms with Crippen molar-refractivity contribution >= 4 is 48.5 Å². The Morgan fingerprint density at radius 1 is 1.00 bits per heavy atom. The quantitative estimate of drug-likeness (QED) is 0.0661. The van der Waals surface area contributed by atoms with Gasteiger partial charge in [0.15, 0.2) is 6.23 Å². The van der Waals surface area contributed by atoms with E-state index in [9.17, 15) is 43.4 Å². The zero-order valence-electron chi connectivity index (χ0n) is 29.6. The Hall–Kier alpha value is -3.91. The number of hydrogen-bond acceptors (Lipinski definition) is 12. The molecule has 0 bridgehead atoms. The molecule has 53 heavy (non-hydrogen) atoms. The summed E-state index contributed by atoms with van der Waals surface area (Å²) in [5, 5.41) is 28.8. The molecular formula is C33H50Cl2FN7O10. The van der Waals surface area contributed by atoms with Crippen LogP contribution in [0.25, 0.3) is 0 Å². The van der Waals surface area contributed by atoms with Gasteiger partial charge in [0.1, 0.15) is 43.0 Å². The molecule has 0 spiro atoms. The number of esters is 1. The fraction of sp³-hybridized carbons (Fsp3) is 0.576. The molecule has 2 unspecified atom stereocenters. The van der Waals surface area contributed by atoms with E-state index in [0.717, 1.165) is 5.56 Å². The number of unbranched alkanes of at least 4 members (excludes halogenated alkanes) is 1. The van der Waals surface area contributed by atoms with Crippen molar-refractivity contribution in [2.24, 2.45) is 17.4 Å². The number of ether oxygens (including phenoxy) is 2. The Labute approximate surface area is 317 Å². The number of halogens is 3. The molecule has 10 N–H and O–H groups in total. The molecule has 1 aliphatic rings. The Morgan fingerprint density at radius 2 is 1.66 bits per heavy atom.